The second-order valence-corrected chi connectivity index (χ2v) is 9.20. The fraction of sp³-hybridized carbons (Fsp3) is 0.542. The van der Waals surface area contributed by atoms with E-state index >= 15 is 0 Å². The smallest absolute Gasteiger partial charge is 0.309 e. The Morgan fingerprint density at radius 3 is 2.48 bits per heavy atom. The molecule has 0 radical (unpaired) electrons. The van der Waals surface area contributed by atoms with Gasteiger partial charge >= 0.3 is 5.97 Å². The van der Waals surface area contributed by atoms with Crippen LogP contribution in [0.5, 0.6) is 0 Å². The predicted octanol–water partition coefficient (Wildman–Crippen LogP) is 3.81. The van der Waals surface area contributed by atoms with Crippen LogP contribution >= 0.6 is 0 Å². The van der Waals surface area contributed by atoms with Crippen molar-refractivity contribution in [1.82, 2.24) is 0 Å². The second kappa shape index (κ2) is 7.43. The van der Waals surface area contributed by atoms with Crippen LogP contribution in [-0.2, 0) is 24.5 Å². The molecule has 2 aliphatic carbocycles. The van der Waals surface area contributed by atoms with E-state index in [-0.39, 0.29) is 41.5 Å². The van der Waals surface area contributed by atoms with Crippen LogP contribution in [0.4, 0.5) is 5.69 Å². The predicted molar refractivity (Wildman–Crippen MR) is 110 cm³/mol. The van der Waals surface area contributed by atoms with Gasteiger partial charge in [-0.15, -0.1) is 0 Å². The highest BCUT2D eigenvalue weighted by Crippen LogP contribution is 2.46. The van der Waals surface area contributed by atoms with E-state index in [2.05, 4.69) is 19.9 Å². The molecular weight excluding hydrogens is 366 g/mol. The fourth-order valence-corrected chi connectivity index (χ4v) is 5.39. The molecule has 0 N–H and O–H groups in total. The number of anilines is 1. The zero-order valence-corrected chi connectivity index (χ0v) is 17.4. The highest BCUT2D eigenvalue weighted by molar-refractivity contribution is 5.95. The molecule has 0 saturated heterocycles. The first kappa shape index (κ1) is 19.9. The summed E-state index contributed by atoms with van der Waals surface area (Å²) >= 11 is 0. The number of esters is 1. The number of ketones is 2. The van der Waals surface area contributed by atoms with Crippen LogP contribution in [0, 0.1) is 17.8 Å². The summed E-state index contributed by atoms with van der Waals surface area (Å²) in [6, 6.07) is 8.12. The van der Waals surface area contributed by atoms with Gasteiger partial charge in [0.1, 0.15) is 5.78 Å². The van der Waals surface area contributed by atoms with Crippen molar-refractivity contribution < 1.29 is 19.1 Å². The van der Waals surface area contributed by atoms with E-state index in [1.165, 1.54) is 5.56 Å². The van der Waals surface area contributed by atoms with Crippen LogP contribution < -0.4 is 4.90 Å². The summed E-state index contributed by atoms with van der Waals surface area (Å²) in [5, 5.41) is 0. The van der Waals surface area contributed by atoms with Crippen molar-refractivity contribution in [2.45, 2.75) is 51.4 Å². The number of para-hydroxylation sites is 1. The minimum absolute atomic E-state index is 0.00399. The van der Waals surface area contributed by atoms with Crippen LogP contribution in [-0.4, -0.2) is 31.2 Å². The van der Waals surface area contributed by atoms with E-state index in [0.29, 0.717) is 18.6 Å². The number of nitrogens with zero attached hydrogens (tertiary/aromatic N) is 1. The number of hydrogen-bond donors (Lipinski definition) is 0. The van der Waals surface area contributed by atoms with Gasteiger partial charge < -0.3 is 9.64 Å². The largest absolute Gasteiger partial charge is 0.457 e. The van der Waals surface area contributed by atoms with Crippen molar-refractivity contribution in [2.24, 2.45) is 17.8 Å². The first-order valence-corrected chi connectivity index (χ1v) is 10.6. The van der Waals surface area contributed by atoms with Gasteiger partial charge in [0, 0.05) is 41.8 Å². The van der Waals surface area contributed by atoms with Gasteiger partial charge in [-0.05, 0) is 37.3 Å². The van der Waals surface area contributed by atoms with E-state index in [0.717, 1.165) is 30.6 Å². The van der Waals surface area contributed by atoms with Crippen LogP contribution in [0.2, 0.25) is 0 Å². The molecule has 1 aromatic carbocycles. The lowest BCUT2D eigenvalue weighted by atomic mass is 9.67. The number of fused-ring (bicyclic) bond motifs is 3. The highest BCUT2D eigenvalue weighted by Gasteiger charge is 2.42. The third-order valence-corrected chi connectivity index (χ3v) is 6.98. The normalized spacial score (nSPS) is 28.9. The summed E-state index contributed by atoms with van der Waals surface area (Å²) < 4.78 is 5.37. The van der Waals surface area contributed by atoms with Gasteiger partial charge in [-0.25, -0.2) is 0 Å². The van der Waals surface area contributed by atoms with E-state index in [1.54, 1.807) is 6.08 Å². The lowest BCUT2D eigenvalue weighted by Gasteiger charge is -2.36. The summed E-state index contributed by atoms with van der Waals surface area (Å²) in [5.41, 5.74) is 2.88. The molecule has 4 rings (SSSR count). The Morgan fingerprint density at radius 2 is 1.83 bits per heavy atom. The molecule has 1 aliphatic heterocycles. The topological polar surface area (TPSA) is 63.7 Å². The Kier molecular flexibility index (Phi) is 5.09. The maximum Gasteiger partial charge on any atom is 0.309 e. The standard InChI is InChI=1S/C24H29NO4/c1-24(2)19-9-4-5-10-20(19)25(3)21(24)13-18(26)14-29-23(28)17-11-15-7-6-8-16(12-17)22(15)27/h4-5,9-10,13,15-17H,6-8,11-12,14H2,1-3H3/b21-13-/t15-,16+,17?. The molecule has 1 aromatic rings. The van der Waals surface area contributed by atoms with Crippen LogP contribution in [0.25, 0.3) is 0 Å². The van der Waals surface area contributed by atoms with Crippen molar-refractivity contribution in [3.8, 4) is 0 Å². The van der Waals surface area contributed by atoms with Gasteiger partial charge in [0.05, 0.1) is 5.92 Å². The molecule has 0 amide bonds. The molecular formula is C24H29NO4. The molecule has 29 heavy (non-hydrogen) atoms. The molecule has 1 unspecified atom stereocenters. The lowest BCUT2D eigenvalue weighted by molar-refractivity contribution is -0.155. The van der Waals surface area contributed by atoms with E-state index in [9.17, 15) is 14.4 Å². The third-order valence-electron chi connectivity index (χ3n) is 6.98. The number of carbonyl (C=O) groups excluding carboxylic acids is 3. The first-order valence-electron chi connectivity index (χ1n) is 10.6. The second-order valence-electron chi connectivity index (χ2n) is 9.20. The molecule has 2 fully saturated rings. The average molecular weight is 395 g/mol. The Bertz CT molecular complexity index is 869. The van der Waals surface area contributed by atoms with E-state index < -0.39 is 0 Å². The molecule has 5 nitrogen and oxygen atoms in total. The summed E-state index contributed by atoms with van der Waals surface area (Å²) in [6.07, 6.45) is 5.59. The summed E-state index contributed by atoms with van der Waals surface area (Å²) in [5.74, 6) is -0.462. The molecule has 154 valence electrons. The first-order chi connectivity index (χ1) is 13.8. The third kappa shape index (κ3) is 3.52. The number of carbonyl (C=O) groups is 3. The van der Waals surface area contributed by atoms with E-state index in [1.807, 2.05) is 30.1 Å². The Balaban J connectivity index is 1.39. The molecule has 2 bridgehead atoms. The van der Waals surface area contributed by atoms with Crippen LogP contribution in [0.1, 0.15) is 51.5 Å². The van der Waals surface area contributed by atoms with Crippen LogP contribution in [0.3, 0.4) is 0 Å². The number of hydrogen-bond acceptors (Lipinski definition) is 5. The summed E-state index contributed by atoms with van der Waals surface area (Å²) in [6.45, 7) is 3.94. The van der Waals surface area contributed by atoms with E-state index in [4.69, 9.17) is 4.74 Å². The molecule has 1 heterocycles. The Labute approximate surface area is 172 Å². The number of Topliss-reactive ketones (excluding diaryl/α,β-unsaturated/α-hetero) is 1. The van der Waals surface area contributed by atoms with Gasteiger partial charge in [0.25, 0.3) is 0 Å². The molecule has 3 aliphatic rings. The van der Waals surface area contributed by atoms with Gasteiger partial charge in [-0.1, -0.05) is 38.5 Å². The Morgan fingerprint density at radius 1 is 1.17 bits per heavy atom. The molecule has 0 spiro atoms. The van der Waals surface area contributed by atoms with Gasteiger partial charge in [0.15, 0.2) is 12.4 Å². The monoisotopic (exact) mass is 395 g/mol. The maximum absolute atomic E-state index is 12.6. The minimum atomic E-state index is -0.330. The van der Waals surface area contributed by atoms with Crippen LogP contribution in [0.15, 0.2) is 36.0 Å². The lowest BCUT2D eigenvalue weighted by Crippen LogP contribution is -2.39. The molecule has 0 aromatic heterocycles. The van der Waals surface area contributed by atoms with Gasteiger partial charge in [0.2, 0.25) is 0 Å². The van der Waals surface area contributed by atoms with Gasteiger partial charge in [-0.3, -0.25) is 14.4 Å². The van der Waals surface area contributed by atoms with Crippen molar-refractivity contribution >= 4 is 23.2 Å². The van der Waals surface area contributed by atoms with Crippen molar-refractivity contribution in [2.75, 3.05) is 18.6 Å². The van der Waals surface area contributed by atoms with Gasteiger partial charge in [-0.2, -0.15) is 0 Å². The quantitative estimate of drug-likeness (QED) is 0.573. The average Bonchev–Trinajstić information content (AvgIpc) is 2.87. The minimum Gasteiger partial charge on any atom is -0.457 e. The fourth-order valence-electron chi connectivity index (χ4n) is 5.39. The summed E-state index contributed by atoms with van der Waals surface area (Å²) in [4.78, 5) is 39.3. The zero-order chi connectivity index (χ0) is 20.8. The number of ether oxygens (including phenoxy) is 1. The Hall–Kier alpha value is -2.43. The highest BCUT2D eigenvalue weighted by atomic mass is 16.5. The number of benzene rings is 1. The van der Waals surface area contributed by atoms with Crippen molar-refractivity contribution in [1.29, 1.82) is 0 Å². The van der Waals surface area contributed by atoms with Crippen molar-refractivity contribution in [3.05, 3.63) is 41.6 Å². The maximum atomic E-state index is 12.6. The summed E-state index contributed by atoms with van der Waals surface area (Å²) in [7, 11) is 1.95. The number of allylic oxidation sites excluding steroid dienone is 1. The SMILES string of the molecule is CN1/C(=C\C(=O)COC(=O)C2C[C@H]3CCC[C@@H](C2)C3=O)C(C)(C)c2ccccc21. The zero-order valence-electron chi connectivity index (χ0n) is 17.4. The van der Waals surface area contributed by atoms with Crippen molar-refractivity contribution in [3.63, 3.8) is 0 Å². The number of rotatable bonds is 4. The molecule has 5 heteroatoms. The molecule has 3 atom stereocenters. The number of likely N-dealkylation sites (N-methyl/N-ethyl adjacent to an activating group) is 1. The molecule has 2 saturated carbocycles.